The van der Waals surface area contributed by atoms with E-state index in [4.69, 9.17) is 4.74 Å². The molecule has 0 aliphatic carbocycles. The summed E-state index contributed by atoms with van der Waals surface area (Å²) in [4.78, 5) is 9.25. The summed E-state index contributed by atoms with van der Waals surface area (Å²) in [6.45, 7) is 14.3. The molecule has 1 fully saturated rings. The molecule has 1 unspecified atom stereocenters. The van der Waals surface area contributed by atoms with Crippen LogP contribution in [0.4, 0.5) is 0 Å². The lowest BCUT2D eigenvalue weighted by atomic mass is 10.0. The van der Waals surface area contributed by atoms with E-state index in [1.54, 1.807) is 0 Å². The summed E-state index contributed by atoms with van der Waals surface area (Å²) in [6, 6.07) is 9.05. The molecule has 1 heterocycles. The molecule has 2 rings (SSSR count). The lowest BCUT2D eigenvalue weighted by Crippen LogP contribution is -2.50. The number of ether oxygens (including phenoxy) is 1. The van der Waals surface area contributed by atoms with Gasteiger partial charge < -0.3 is 15.0 Å². The standard InChI is InChI=1S/C20H34N4O.HI/c1-6-23(16(2)3)12-11-22-20(21-5)24-13-14-25-19(15-24)18-10-8-7-9-17(18)4;/h7-10,16,19H,6,11-15H2,1-5H3,(H,21,22);1H. The quantitative estimate of drug-likeness (QED) is 0.390. The maximum atomic E-state index is 6.03. The minimum atomic E-state index is 0. The van der Waals surface area contributed by atoms with Crippen molar-refractivity contribution in [1.82, 2.24) is 15.1 Å². The first-order chi connectivity index (χ1) is 12.1. The van der Waals surface area contributed by atoms with Crippen LogP contribution in [0.2, 0.25) is 0 Å². The molecule has 1 atom stereocenters. The van der Waals surface area contributed by atoms with Gasteiger partial charge in [-0.05, 0) is 38.4 Å². The van der Waals surface area contributed by atoms with E-state index >= 15 is 0 Å². The fourth-order valence-electron chi connectivity index (χ4n) is 3.40. The van der Waals surface area contributed by atoms with Crippen LogP contribution in [0.5, 0.6) is 0 Å². The van der Waals surface area contributed by atoms with Crippen LogP contribution >= 0.6 is 24.0 Å². The molecule has 1 N–H and O–H groups in total. The van der Waals surface area contributed by atoms with Gasteiger partial charge in [-0.15, -0.1) is 24.0 Å². The van der Waals surface area contributed by atoms with Crippen LogP contribution in [0.25, 0.3) is 0 Å². The molecular formula is C20H35IN4O. The van der Waals surface area contributed by atoms with E-state index in [1.807, 2.05) is 7.05 Å². The van der Waals surface area contributed by atoms with Crippen LogP contribution in [0.3, 0.4) is 0 Å². The van der Waals surface area contributed by atoms with Crippen molar-refractivity contribution in [1.29, 1.82) is 0 Å². The molecule has 0 saturated carbocycles. The molecule has 0 bridgehead atoms. The Hall–Kier alpha value is -0.860. The number of aryl methyl sites for hydroxylation is 1. The van der Waals surface area contributed by atoms with Gasteiger partial charge in [0.15, 0.2) is 5.96 Å². The minimum absolute atomic E-state index is 0. The topological polar surface area (TPSA) is 40.1 Å². The van der Waals surface area contributed by atoms with Crippen LogP contribution in [0, 0.1) is 6.92 Å². The third-order valence-electron chi connectivity index (χ3n) is 4.93. The van der Waals surface area contributed by atoms with Crippen molar-refractivity contribution >= 4 is 29.9 Å². The summed E-state index contributed by atoms with van der Waals surface area (Å²) < 4.78 is 6.03. The first-order valence-corrected chi connectivity index (χ1v) is 9.43. The first kappa shape index (κ1) is 23.2. The number of nitrogens with zero attached hydrogens (tertiary/aromatic N) is 3. The second-order valence-electron chi connectivity index (χ2n) is 6.86. The van der Waals surface area contributed by atoms with Gasteiger partial charge >= 0.3 is 0 Å². The molecule has 0 amide bonds. The van der Waals surface area contributed by atoms with E-state index < -0.39 is 0 Å². The van der Waals surface area contributed by atoms with Crippen molar-refractivity contribution in [3.63, 3.8) is 0 Å². The average molecular weight is 474 g/mol. The summed E-state index contributed by atoms with van der Waals surface area (Å²) >= 11 is 0. The predicted octanol–water partition coefficient (Wildman–Crippen LogP) is 3.29. The van der Waals surface area contributed by atoms with E-state index in [2.05, 4.69) is 72.1 Å². The summed E-state index contributed by atoms with van der Waals surface area (Å²) in [7, 11) is 1.86. The van der Waals surface area contributed by atoms with Crippen LogP contribution in [-0.2, 0) is 4.74 Å². The van der Waals surface area contributed by atoms with Gasteiger partial charge in [0.25, 0.3) is 0 Å². The largest absolute Gasteiger partial charge is 0.370 e. The highest BCUT2D eigenvalue weighted by molar-refractivity contribution is 14.0. The van der Waals surface area contributed by atoms with Crippen LogP contribution < -0.4 is 5.32 Å². The third-order valence-corrected chi connectivity index (χ3v) is 4.93. The maximum absolute atomic E-state index is 6.03. The van der Waals surface area contributed by atoms with E-state index in [-0.39, 0.29) is 30.1 Å². The molecule has 1 aliphatic rings. The Morgan fingerprint density at radius 3 is 2.73 bits per heavy atom. The summed E-state index contributed by atoms with van der Waals surface area (Å²) in [5.41, 5.74) is 2.56. The van der Waals surface area contributed by atoms with Gasteiger partial charge in [0.1, 0.15) is 6.10 Å². The SMILES string of the molecule is CCN(CCNC(=NC)N1CCOC(c2ccccc2C)C1)C(C)C.I. The molecule has 1 aliphatic heterocycles. The monoisotopic (exact) mass is 474 g/mol. The van der Waals surface area contributed by atoms with Crippen molar-refractivity contribution < 1.29 is 4.74 Å². The Labute approximate surface area is 176 Å². The van der Waals surface area contributed by atoms with Gasteiger partial charge in [0.2, 0.25) is 0 Å². The van der Waals surface area contributed by atoms with E-state index in [9.17, 15) is 0 Å². The van der Waals surface area contributed by atoms with Gasteiger partial charge in [0, 0.05) is 32.7 Å². The number of hydrogen-bond acceptors (Lipinski definition) is 3. The second-order valence-corrected chi connectivity index (χ2v) is 6.86. The molecule has 0 aromatic heterocycles. The molecule has 6 heteroatoms. The number of guanidine groups is 1. The number of rotatable bonds is 6. The summed E-state index contributed by atoms with van der Waals surface area (Å²) in [5, 5.41) is 3.52. The number of hydrogen-bond donors (Lipinski definition) is 1. The lowest BCUT2D eigenvalue weighted by molar-refractivity contribution is -0.00834. The highest BCUT2D eigenvalue weighted by Crippen LogP contribution is 2.24. The molecule has 26 heavy (non-hydrogen) atoms. The maximum Gasteiger partial charge on any atom is 0.193 e. The van der Waals surface area contributed by atoms with Gasteiger partial charge in [-0.1, -0.05) is 31.2 Å². The van der Waals surface area contributed by atoms with Crippen molar-refractivity contribution in [2.45, 2.75) is 39.8 Å². The number of morpholine rings is 1. The Kier molecular flexibility index (Phi) is 10.5. The van der Waals surface area contributed by atoms with Crippen LogP contribution in [-0.4, -0.2) is 68.2 Å². The van der Waals surface area contributed by atoms with Crippen molar-refractivity contribution in [2.24, 2.45) is 4.99 Å². The molecule has 0 spiro atoms. The van der Waals surface area contributed by atoms with Gasteiger partial charge in [-0.2, -0.15) is 0 Å². The highest BCUT2D eigenvalue weighted by atomic mass is 127. The first-order valence-electron chi connectivity index (χ1n) is 9.43. The number of benzene rings is 1. The van der Waals surface area contributed by atoms with E-state index in [1.165, 1.54) is 11.1 Å². The normalized spacial score (nSPS) is 18.2. The summed E-state index contributed by atoms with van der Waals surface area (Å²) in [5.74, 6) is 0.974. The Morgan fingerprint density at radius 2 is 2.12 bits per heavy atom. The smallest absolute Gasteiger partial charge is 0.193 e. The van der Waals surface area contributed by atoms with Crippen LogP contribution in [0.15, 0.2) is 29.3 Å². The molecule has 1 aromatic carbocycles. The predicted molar refractivity (Wildman–Crippen MR) is 121 cm³/mol. The Balaban J connectivity index is 0.00000338. The van der Waals surface area contributed by atoms with Crippen LogP contribution in [0.1, 0.15) is 38.0 Å². The zero-order valence-electron chi connectivity index (χ0n) is 16.9. The van der Waals surface area contributed by atoms with E-state index in [0.29, 0.717) is 6.04 Å². The second kappa shape index (κ2) is 11.8. The number of nitrogens with one attached hydrogen (secondary N) is 1. The summed E-state index contributed by atoms with van der Waals surface area (Å²) in [6.07, 6.45) is 0.108. The molecule has 148 valence electrons. The van der Waals surface area contributed by atoms with Gasteiger partial charge in [-0.3, -0.25) is 9.89 Å². The zero-order valence-corrected chi connectivity index (χ0v) is 19.2. The lowest BCUT2D eigenvalue weighted by Gasteiger charge is -2.36. The van der Waals surface area contributed by atoms with Crippen molar-refractivity contribution in [3.8, 4) is 0 Å². The highest BCUT2D eigenvalue weighted by Gasteiger charge is 2.25. The number of halogens is 1. The molecule has 1 saturated heterocycles. The Bertz CT molecular complexity index is 564. The van der Waals surface area contributed by atoms with Gasteiger partial charge in [0.05, 0.1) is 13.2 Å². The number of likely N-dealkylation sites (N-methyl/N-ethyl adjacent to an activating group) is 1. The van der Waals surface area contributed by atoms with E-state index in [0.717, 1.165) is 45.3 Å². The zero-order chi connectivity index (χ0) is 18.2. The third kappa shape index (κ3) is 6.39. The molecule has 5 nitrogen and oxygen atoms in total. The average Bonchev–Trinajstić information content (AvgIpc) is 2.62. The molecule has 1 aromatic rings. The molecule has 0 radical (unpaired) electrons. The fraction of sp³-hybridized carbons (Fsp3) is 0.650. The number of aliphatic imine (C=N–C) groups is 1. The fourth-order valence-corrected chi connectivity index (χ4v) is 3.40. The minimum Gasteiger partial charge on any atom is -0.370 e. The van der Waals surface area contributed by atoms with Gasteiger partial charge in [-0.25, -0.2) is 0 Å². The Morgan fingerprint density at radius 1 is 1.38 bits per heavy atom. The molecular weight excluding hydrogens is 439 g/mol. The van der Waals surface area contributed by atoms with Crippen molar-refractivity contribution in [2.75, 3.05) is 46.4 Å². The van der Waals surface area contributed by atoms with Crippen molar-refractivity contribution in [3.05, 3.63) is 35.4 Å².